The highest BCUT2D eigenvalue weighted by molar-refractivity contribution is 6.41. The summed E-state index contributed by atoms with van der Waals surface area (Å²) in [6, 6.07) is 13.6. The van der Waals surface area contributed by atoms with Gasteiger partial charge in [-0.25, -0.2) is 14.4 Å². The number of ether oxygens (including phenoxy) is 5. The van der Waals surface area contributed by atoms with Crippen LogP contribution in [0.3, 0.4) is 0 Å². The number of carbonyl (C=O) groups excluding carboxylic acids is 5. The Morgan fingerprint density at radius 2 is 1.13 bits per heavy atom. The molecule has 0 saturated heterocycles. The molecule has 0 amide bonds. The lowest BCUT2D eigenvalue weighted by Crippen LogP contribution is -2.27. The van der Waals surface area contributed by atoms with Gasteiger partial charge in [0.05, 0.1) is 25.0 Å². The topological polar surface area (TPSA) is 132 Å². The second-order valence-electron chi connectivity index (χ2n) is 13.4. The van der Waals surface area contributed by atoms with Crippen LogP contribution >= 0.6 is 23.2 Å². The molecule has 0 bridgehead atoms. The van der Waals surface area contributed by atoms with Crippen molar-refractivity contribution >= 4 is 53.0 Å². The van der Waals surface area contributed by atoms with E-state index in [-0.39, 0.29) is 64.8 Å². The molecule has 0 aliphatic heterocycles. The van der Waals surface area contributed by atoms with E-state index in [4.69, 9.17) is 46.9 Å². The molecule has 10 nitrogen and oxygen atoms in total. The monoisotopic (exact) mass is 756 g/mol. The molecule has 0 aromatic heterocycles. The van der Waals surface area contributed by atoms with Crippen LogP contribution in [0.25, 0.3) is 0 Å². The van der Waals surface area contributed by atoms with Gasteiger partial charge in [-0.15, -0.1) is 0 Å². The molecular weight excluding hydrogens is 711 g/mol. The number of benzene rings is 2. The van der Waals surface area contributed by atoms with Gasteiger partial charge in [0, 0.05) is 0 Å². The molecule has 0 heterocycles. The van der Waals surface area contributed by atoms with Crippen LogP contribution in [0.2, 0.25) is 0 Å². The first-order valence-corrected chi connectivity index (χ1v) is 18.6. The molecule has 2 saturated carbocycles. The van der Waals surface area contributed by atoms with E-state index in [1.807, 2.05) is 30.3 Å². The number of rotatable bonds is 17. The summed E-state index contributed by atoms with van der Waals surface area (Å²) in [6.07, 6.45) is 8.99. The minimum absolute atomic E-state index is 0.00852. The first-order chi connectivity index (χ1) is 25.0. The fourth-order valence-corrected chi connectivity index (χ4v) is 6.73. The molecule has 2 aliphatic carbocycles. The van der Waals surface area contributed by atoms with E-state index in [2.05, 4.69) is 13.2 Å². The summed E-state index contributed by atoms with van der Waals surface area (Å²) in [7, 11) is 0. The quantitative estimate of drug-likeness (QED) is 0.0508. The van der Waals surface area contributed by atoms with Crippen LogP contribution in [-0.2, 0) is 40.0 Å². The van der Waals surface area contributed by atoms with Crippen LogP contribution in [0.15, 0.2) is 71.8 Å². The van der Waals surface area contributed by atoms with Crippen LogP contribution in [0, 0.1) is 23.7 Å². The van der Waals surface area contributed by atoms with Gasteiger partial charge < -0.3 is 23.7 Å². The van der Waals surface area contributed by atoms with Gasteiger partial charge in [-0.3, -0.25) is 9.59 Å². The maximum Gasteiger partial charge on any atom is 0.349 e. The fourth-order valence-electron chi connectivity index (χ4n) is 6.62. The van der Waals surface area contributed by atoms with Crippen LogP contribution in [0.1, 0.15) is 93.0 Å². The van der Waals surface area contributed by atoms with E-state index in [1.54, 1.807) is 0 Å². The smallest absolute Gasteiger partial charge is 0.349 e. The van der Waals surface area contributed by atoms with E-state index in [0.717, 1.165) is 44.1 Å². The van der Waals surface area contributed by atoms with Crippen molar-refractivity contribution in [1.82, 2.24) is 0 Å². The molecule has 2 aliphatic rings. The van der Waals surface area contributed by atoms with E-state index < -0.39 is 23.9 Å². The van der Waals surface area contributed by atoms with Crippen molar-refractivity contribution < 1.29 is 47.7 Å². The number of halogens is 2. The highest BCUT2D eigenvalue weighted by atomic mass is 35.5. The van der Waals surface area contributed by atoms with Crippen molar-refractivity contribution in [3.8, 4) is 11.5 Å². The highest BCUT2D eigenvalue weighted by Crippen LogP contribution is 2.35. The molecule has 2 aromatic carbocycles. The second-order valence-corrected chi connectivity index (χ2v) is 14.3. The molecular formula is C40H46Cl2O10. The summed E-state index contributed by atoms with van der Waals surface area (Å²) in [4.78, 5) is 62.7. The Balaban J connectivity index is 1.31. The summed E-state index contributed by atoms with van der Waals surface area (Å²) in [5.74, 6) is -2.41. The van der Waals surface area contributed by atoms with Crippen molar-refractivity contribution in [3.63, 3.8) is 0 Å². The van der Waals surface area contributed by atoms with Gasteiger partial charge in [0.2, 0.25) is 0 Å². The van der Waals surface area contributed by atoms with Crippen LogP contribution < -0.4 is 9.47 Å². The van der Waals surface area contributed by atoms with Crippen molar-refractivity contribution in [2.75, 3.05) is 13.2 Å². The minimum Gasteiger partial charge on any atom is -0.461 e. The van der Waals surface area contributed by atoms with E-state index in [9.17, 15) is 24.0 Å². The van der Waals surface area contributed by atoms with Gasteiger partial charge in [0.1, 0.15) is 33.7 Å². The number of hydrogen-bond acceptors (Lipinski definition) is 10. The first-order valence-electron chi connectivity index (χ1n) is 17.8. The molecule has 0 N–H and O–H groups in total. The molecule has 0 spiro atoms. The number of carbonyl (C=O) groups is 5. The Bertz CT molecular complexity index is 1570. The molecule has 52 heavy (non-hydrogen) atoms. The number of hydrogen-bond donors (Lipinski definition) is 0. The zero-order chi connectivity index (χ0) is 37.5. The van der Waals surface area contributed by atoms with Crippen LogP contribution in [-0.4, -0.2) is 43.1 Å². The largest absolute Gasteiger partial charge is 0.461 e. The Kier molecular flexibility index (Phi) is 16.2. The Labute approximate surface area is 314 Å². The fraction of sp³-hybridized carbons (Fsp3) is 0.475. The Morgan fingerprint density at radius 1 is 0.635 bits per heavy atom. The average Bonchev–Trinajstić information content (AvgIpc) is 3.15. The SMILES string of the molecule is C=C(Cl)C(=O)OCCCC1CCC(C(=O)Oc2ccc(OC(=O)C3CCC(CCCOC(=O)C(=C)Cl)CC3)c(C(=O)OCc3ccccc3)c2)CC1. The first kappa shape index (κ1) is 40.6. The Morgan fingerprint density at radius 3 is 1.63 bits per heavy atom. The number of esters is 5. The molecule has 0 unspecified atom stereocenters. The predicted octanol–water partition coefficient (Wildman–Crippen LogP) is 8.62. The summed E-state index contributed by atoms with van der Waals surface area (Å²) in [5, 5.41) is -0.297. The molecule has 0 radical (unpaired) electrons. The van der Waals surface area contributed by atoms with Crippen LogP contribution in [0.5, 0.6) is 11.5 Å². The summed E-state index contributed by atoms with van der Waals surface area (Å²) in [5.41, 5.74) is 0.772. The third-order valence-corrected chi connectivity index (χ3v) is 9.90. The van der Waals surface area contributed by atoms with Crippen molar-refractivity contribution in [1.29, 1.82) is 0 Å². The lowest BCUT2D eigenvalue weighted by atomic mass is 9.80. The minimum atomic E-state index is -0.715. The molecule has 12 heteroatoms. The standard InChI is InChI=1S/C40H46Cl2O10/c1-26(41)36(43)48-22-6-10-28-12-16-31(17-13-28)38(45)51-33-20-21-35(34(24-33)40(47)50-25-30-8-4-3-5-9-30)52-39(46)32-18-14-29(15-19-32)11-7-23-49-37(44)27(2)42/h3-5,8-9,20-21,24,28-29,31-32H,1-2,6-7,10-19,22-23,25H2. The zero-order valence-corrected chi connectivity index (χ0v) is 30.8. The highest BCUT2D eigenvalue weighted by Gasteiger charge is 2.31. The predicted molar refractivity (Wildman–Crippen MR) is 195 cm³/mol. The lowest BCUT2D eigenvalue weighted by Gasteiger charge is -2.27. The average molecular weight is 758 g/mol. The van der Waals surface area contributed by atoms with Crippen molar-refractivity contribution in [3.05, 3.63) is 82.9 Å². The van der Waals surface area contributed by atoms with Gasteiger partial charge in [-0.05, 0) is 113 Å². The lowest BCUT2D eigenvalue weighted by molar-refractivity contribution is -0.141. The molecule has 2 fully saturated rings. The summed E-state index contributed by atoms with van der Waals surface area (Å²) >= 11 is 11.1. The van der Waals surface area contributed by atoms with Gasteiger partial charge >= 0.3 is 29.8 Å². The van der Waals surface area contributed by atoms with Gasteiger partial charge in [-0.1, -0.05) is 66.7 Å². The molecule has 0 atom stereocenters. The maximum absolute atomic E-state index is 13.4. The maximum atomic E-state index is 13.4. The second kappa shape index (κ2) is 20.8. The molecule has 280 valence electrons. The molecule has 2 aromatic rings. The Hall–Kier alpha value is -4.15. The molecule has 4 rings (SSSR count). The summed E-state index contributed by atoms with van der Waals surface area (Å²) in [6.45, 7) is 7.24. The van der Waals surface area contributed by atoms with Crippen LogP contribution in [0.4, 0.5) is 0 Å². The summed E-state index contributed by atoms with van der Waals surface area (Å²) < 4.78 is 27.2. The van der Waals surface area contributed by atoms with E-state index >= 15 is 0 Å². The van der Waals surface area contributed by atoms with Gasteiger partial charge in [0.25, 0.3) is 0 Å². The van der Waals surface area contributed by atoms with Gasteiger partial charge in [0.15, 0.2) is 0 Å². The van der Waals surface area contributed by atoms with Crippen molar-refractivity contribution in [2.45, 2.75) is 83.7 Å². The van der Waals surface area contributed by atoms with E-state index in [1.165, 1.54) is 18.2 Å². The third-order valence-electron chi connectivity index (χ3n) is 9.60. The van der Waals surface area contributed by atoms with Gasteiger partial charge in [-0.2, -0.15) is 0 Å². The zero-order valence-electron chi connectivity index (χ0n) is 29.3. The third kappa shape index (κ3) is 13.1. The normalized spacial score (nSPS) is 19.8. The van der Waals surface area contributed by atoms with Crippen molar-refractivity contribution in [2.24, 2.45) is 23.7 Å². The van der Waals surface area contributed by atoms with E-state index in [0.29, 0.717) is 50.4 Å².